The Balaban J connectivity index is 1.84. The van der Waals surface area contributed by atoms with Crippen molar-refractivity contribution in [1.82, 2.24) is 10.2 Å². The number of piperidine rings is 1. The zero-order chi connectivity index (χ0) is 19.2. The maximum absolute atomic E-state index is 12.9. The average Bonchev–Trinajstić information content (AvgIpc) is 2.69. The van der Waals surface area contributed by atoms with Gasteiger partial charge >= 0.3 is 0 Å². The van der Waals surface area contributed by atoms with Crippen LogP contribution in [0, 0.1) is 18.3 Å². The number of nitrogens with two attached hydrogens (primary N) is 1. The topological polar surface area (TPSA) is 75.4 Å². The molecule has 1 fully saturated rings. The van der Waals surface area contributed by atoms with Crippen molar-refractivity contribution < 1.29 is 9.59 Å². The first-order chi connectivity index (χ1) is 12.5. The lowest BCUT2D eigenvalue weighted by Crippen LogP contribution is -2.51. The molecule has 5 nitrogen and oxygen atoms in total. The van der Waals surface area contributed by atoms with Gasteiger partial charge in [0, 0.05) is 32.1 Å². The van der Waals surface area contributed by atoms with Gasteiger partial charge in [-0.05, 0) is 38.2 Å². The Morgan fingerprint density at radius 2 is 1.73 bits per heavy atom. The highest BCUT2D eigenvalue weighted by Crippen LogP contribution is 2.30. The van der Waals surface area contributed by atoms with E-state index in [4.69, 9.17) is 5.73 Å². The second-order valence-electron chi connectivity index (χ2n) is 7.46. The van der Waals surface area contributed by atoms with Crippen LogP contribution in [0.2, 0.25) is 0 Å². The van der Waals surface area contributed by atoms with E-state index in [1.54, 1.807) is 0 Å². The number of likely N-dealkylation sites (tertiary alicyclic amines) is 1. The number of aryl methyl sites for hydroxylation is 1. The Morgan fingerprint density at radius 3 is 2.23 bits per heavy atom. The molecular formula is C21H33N3O2. The summed E-state index contributed by atoms with van der Waals surface area (Å²) in [7, 11) is 0. The summed E-state index contributed by atoms with van der Waals surface area (Å²) in [6, 6.07) is 8.19. The molecule has 0 radical (unpaired) electrons. The van der Waals surface area contributed by atoms with Gasteiger partial charge in [-0.2, -0.15) is 0 Å². The lowest BCUT2D eigenvalue weighted by molar-refractivity contribution is -0.145. The molecule has 0 bridgehead atoms. The first-order valence-corrected chi connectivity index (χ1v) is 9.78. The van der Waals surface area contributed by atoms with Crippen LogP contribution in [0.25, 0.3) is 0 Å². The van der Waals surface area contributed by atoms with Crippen molar-refractivity contribution in [2.75, 3.05) is 19.6 Å². The number of hydrogen-bond donors (Lipinski definition) is 2. The third-order valence-corrected chi connectivity index (χ3v) is 5.94. The third kappa shape index (κ3) is 4.64. The molecule has 0 aliphatic carbocycles. The smallest absolute Gasteiger partial charge is 0.230 e. The highest BCUT2D eigenvalue weighted by Gasteiger charge is 2.38. The molecule has 0 spiro atoms. The Labute approximate surface area is 157 Å². The lowest BCUT2D eigenvalue weighted by Gasteiger charge is -2.38. The van der Waals surface area contributed by atoms with Gasteiger partial charge in [0.1, 0.15) is 0 Å². The average molecular weight is 360 g/mol. The highest BCUT2D eigenvalue weighted by molar-refractivity contribution is 5.84. The van der Waals surface area contributed by atoms with E-state index in [9.17, 15) is 9.59 Å². The van der Waals surface area contributed by atoms with Crippen LogP contribution >= 0.6 is 0 Å². The summed E-state index contributed by atoms with van der Waals surface area (Å²) in [4.78, 5) is 27.2. The molecular weight excluding hydrogens is 326 g/mol. The van der Waals surface area contributed by atoms with E-state index in [1.165, 1.54) is 5.56 Å². The van der Waals surface area contributed by atoms with Gasteiger partial charge in [-0.1, -0.05) is 43.7 Å². The van der Waals surface area contributed by atoms with Crippen LogP contribution in [0.15, 0.2) is 24.3 Å². The molecule has 1 aromatic carbocycles. The standard InChI is InChI=1S/C21H33N3O2/c1-4-21(5-2,15-22)20(26)24-12-10-18(11-13-24)19(25)23-14-17-8-6-16(3)7-9-17/h6-9,18H,4-5,10-15,22H2,1-3H3,(H,23,25). The number of rotatable bonds is 7. The van der Waals surface area contributed by atoms with E-state index >= 15 is 0 Å². The molecule has 0 unspecified atom stereocenters. The molecule has 144 valence electrons. The summed E-state index contributed by atoms with van der Waals surface area (Å²) in [5.74, 6) is 0.234. The van der Waals surface area contributed by atoms with Crippen LogP contribution in [0.3, 0.4) is 0 Å². The van der Waals surface area contributed by atoms with Crippen LogP contribution in [-0.2, 0) is 16.1 Å². The molecule has 1 heterocycles. The van der Waals surface area contributed by atoms with Gasteiger partial charge in [0.2, 0.25) is 11.8 Å². The van der Waals surface area contributed by atoms with Crippen molar-refractivity contribution in [3.05, 3.63) is 35.4 Å². The quantitative estimate of drug-likeness (QED) is 0.786. The Bertz CT molecular complexity index is 592. The Morgan fingerprint density at radius 1 is 1.15 bits per heavy atom. The molecule has 5 heteroatoms. The number of carbonyl (C=O) groups is 2. The summed E-state index contributed by atoms with van der Waals surface area (Å²) in [5.41, 5.74) is 7.78. The number of nitrogens with zero attached hydrogens (tertiary/aromatic N) is 1. The fourth-order valence-corrected chi connectivity index (χ4v) is 3.65. The van der Waals surface area contributed by atoms with E-state index in [0.29, 0.717) is 26.2 Å². The minimum Gasteiger partial charge on any atom is -0.352 e. The van der Waals surface area contributed by atoms with E-state index in [1.807, 2.05) is 37.8 Å². The van der Waals surface area contributed by atoms with Gasteiger partial charge in [0.25, 0.3) is 0 Å². The van der Waals surface area contributed by atoms with Gasteiger partial charge in [-0.3, -0.25) is 9.59 Å². The molecule has 1 saturated heterocycles. The molecule has 1 aliphatic rings. The van der Waals surface area contributed by atoms with Crippen molar-refractivity contribution in [1.29, 1.82) is 0 Å². The number of benzene rings is 1. The molecule has 0 saturated carbocycles. The normalized spacial score (nSPS) is 15.8. The number of amides is 2. The first-order valence-electron chi connectivity index (χ1n) is 9.78. The maximum atomic E-state index is 12.9. The highest BCUT2D eigenvalue weighted by atomic mass is 16.2. The van der Waals surface area contributed by atoms with Crippen molar-refractivity contribution in [2.45, 2.75) is 53.0 Å². The molecule has 1 aromatic rings. The van der Waals surface area contributed by atoms with Crippen LogP contribution in [0.1, 0.15) is 50.7 Å². The summed E-state index contributed by atoms with van der Waals surface area (Å²) >= 11 is 0. The van der Waals surface area contributed by atoms with Crippen molar-refractivity contribution in [2.24, 2.45) is 17.1 Å². The summed E-state index contributed by atoms with van der Waals surface area (Å²) in [6.45, 7) is 8.33. The minimum atomic E-state index is -0.444. The number of nitrogens with one attached hydrogen (secondary N) is 1. The maximum Gasteiger partial charge on any atom is 0.230 e. The van der Waals surface area contributed by atoms with E-state index in [-0.39, 0.29) is 17.7 Å². The lowest BCUT2D eigenvalue weighted by atomic mass is 9.80. The summed E-state index contributed by atoms with van der Waals surface area (Å²) in [6.07, 6.45) is 2.96. The van der Waals surface area contributed by atoms with Crippen LogP contribution in [-0.4, -0.2) is 36.3 Å². The molecule has 0 aromatic heterocycles. The molecule has 3 N–H and O–H groups in total. The van der Waals surface area contributed by atoms with E-state index in [2.05, 4.69) is 17.4 Å². The van der Waals surface area contributed by atoms with Gasteiger partial charge < -0.3 is 16.0 Å². The van der Waals surface area contributed by atoms with Crippen molar-refractivity contribution in [3.63, 3.8) is 0 Å². The summed E-state index contributed by atoms with van der Waals surface area (Å²) < 4.78 is 0. The predicted octanol–water partition coefficient (Wildman–Crippen LogP) is 2.61. The minimum absolute atomic E-state index is 0.0139. The zero-order valence-electron chi connectivity index (χ0n) is 16.4. The van der Waals surface area contributed by atoms with Gasteiger partial charge in [-0.25, -0.2) is 0 Å². The van der Waals surface area contributed by atoms with Crippen LogP contribution in [0.4, 0.5) is 0 Å². The molecule has 1 aliphatic heterocycles. The number of hydrogen-bond acceptors (Lipinski definition) is 3. The first kappa shape index (κ1) is 20.4. The van der Waals surface area contributed by atoms with Gasteiger partial charge in [-0.15, -0.1) is 0 Å². The third-order valence-electron chi connectivity index (χ3n) is 5.94. The van der Waals surface area contributed by atoms with E-state index in [0.717, 1.165) is 31.2 Å². The Kier molecular flexibility index (Phi) is 7.21. The Hall–Kier alpha value is -1.88. The number of carbonyl (C=O) groups excluding carboxylic acids is 2. The van der Waals surface area contributed by atoms with Gasteiger partial charge in [0.15, 0.2) is 0 Å². The predicted molar refractivity (Wildman–Crippen MR) is 104 cm³/mol. The molecule has 2 rings (SSSR count). The summed E-state index contributed by atoms with van der Waals surface area (Å²) in [5, 5.41) is 3.03. The largest absolute Gasteiger partial charge is 0.352 e. The zero-order valence-corrected chi connectivity index (χ0v) is 16.4. The fraction of sp³-hybridized carbons (Fsp3) is 0.619. The second-order valence-corrected chi connectivity index (χ2v) is 7.46. The van der Waals surface area contributed by atoms with Crippen molar-refractivity contribution in [3.8, 4) is 0 Å². The molecule has 2 amide bonds. The molecule has 26 heavy (non-hydrogen) atoms. The molecule has 0 atom stereocenters. The van der Waals surface area contributed by atoms with Gasteiger partial charge in [0.05, 0.1) is 5.41 Å². The second kappa shape index (κ2) is 9.17. The monoisotopic (exact) mass is 359 g/mol. The van der Waals surface area contributed by atoms with Crippen LogP contribution < -0.4 is 11.1 Å². The SMILES string of the molecule is CCC(CC)(CN)C(=O)N1CCC(C(=O)NCc2ccc(C)cc2)CC1. The van der Waals surface area contributed by atoms with E-state index < -0.39 is 5.41 Å². The van der Waals surface area contributed by atoms with Crippen LogP contribution in [0.5, 0.6) is 0 Å². The fourth-order valence-electron chi connectivity index (χ4n) is 3.65. The van der Waals surface area contributed by atoms with Crippen molar-refractivity contribution >= 4 is 11.8 Å².